The summed E-state index contributed by atoms with van der Waals surface area (Å²) in [6.07, 6.45) is 7.94. The Morgan fingerprint density at radius 1 is 1.04 bits per heavy atom. The maximum atomic E-state index is 9.90. The molecule has 1 saturated heterocycles. The lowest BCUT2D eigenvalue weighted by molar-refractivity contribution is 0.113. The Kier molecular flexibility index (Phi) is 5.62. The average Bonchev–Trinajstić information content (AvgIpc) is 3.06. The second kappa shape index (κ2) is 8.09. The van der Waals surface area contributed by atoms with Crippen LogP contribution in [0, 0.1) is 0 Å². The van der Waals surface area contributed by atoms with Gasteiger partial charge in [0.2, 0.25) is 0 Å². The van der Waals surface area contributed by atoms with Gasteiger partial charge in [-0.3, -0.25) is 4.90 Å². The molecule has 0 spiro atoms. The minimum Gasteiger partial charge on any atom is -0.394 e. The number of hydrogen-bond acceptors (Lipinski definition) is 2. The van der Waals surface area contributed by atoms with Crippen LogP contribution in [-0.4, -0.2) is 29.2 Å². The Labute approximate surface area is 139 Å². The lowest BCUT2D eigenvalue weighted by atomic mass is 10.0. The van der Waals surface area contributed by atoms with Crippen molar-refractivity contribution in [1.29, 1.82) is 0 Å². The van der Waals surface area contributed by atoms with Crippen molar-refractivity contribution < 1.29 is 5.11 Å². The van der Waals surface area contributed by atoms with Gasteiger partial charge in [0, 0.05) is 6.04 Å². The van der Waals surface area contributed by atoms with E-state index in [1.54, 1.807) is 0 Å². The molecule has 2 nitrogen and oxygen atoms in total. The predicted octanol–water partition coefficient (Wildman–Crippen LogP) is 4.29. The first-order valence-corrected chi connectivity index (χ1v) is 8.51. The van der Waals surface area contributed by atoms with Gasteiger partial charge in [-0.15, -0.1) is 0 Å². The normalized spacial score (nSPS) is 20.1. The highest BCUT2D eigenvalue weighted by Crippen LogP contribution is 2.31. The van der Waals surface area contributed by atoms with Crippen LogP contribution in [0.4, 0.5) is 0 Å². The molecule has 0 aliphatic carbocycles. The van der Waals surface area contributed by atoms with E-state index >= 15 is 0 Å². The lowest BCUT2D eigenvalue weighted by Gasteiger charge is -2.32. The van der Waals surface area contributed by atoms with E-state index in [0.717, 1.165) is 13.0 Å². The van der Waals surface area contributed by atoms with E-state index in [2.05, 4.69) is 65.6 Å². The van der Waals surface area contributed by atoms with Crippen molar-refractivity contribution in [2.45, 2.75) is 31.3 Å². The molecule has 1 aliphatic heterocycles. The van der Waals surface area contributed by atoms with Gasteiger partial charge in [-0.2, -0.15) is 0 Å². The van der Waals surface area contributed by atoms with E-state index in [9.17, 15) is 5.11 Å². The van der Waals surface area contributed by atoms with Crippen LogP contribution in [0.15, 0.2) is 66.7 Å². The highest BCUT2D eigenvalue weighted by atomic mass is 16.3. The fraction of sp³-hybridized carbons (Fsp3) is 0.333. The molecule has 2 heteroatoms. The van der Waals surface area contributed by atoms with Crippen molar-refractivity contribution in [2.24, 2.45) is 0 Å². The maximum Gasteiger partial charge on any atom is 0.0628 e. The maximum absolute atomic E-state index is 9.90. The van der Waals surface area contributed by atoms with Gasteiger partial charge in [-0.1, -0.05) is 72.8 Å². The van der Waals surface area contributed by atoms with Gasteiger partial charge in [0.15, 0.2) is 0 Å². The largest absolute Gasteiger partial charge is 0.394 e. The molecule has 23 heavy (non-hydrogen) atoms. The summed E-state index contributed by atoms with van der Waals surface area (Å²) in [5.74, 6) is 0. The molecule has 3 rings (SSSR count). The molecule has 0 amide bonds. The molecule has 120 valence electrons. The first-order chi connectivity index (χ1) is 11.4. The van der Waals surface area contributed by atoms with Crippen molar-refractivity contribution in [3.8, 4) is 0 Å². The van der Waals surface area contributed by atoms with Crippen LogP contribution in [0.5, 0.6) is 0 Å². The van der Waals surface area contributed by atoms with E-state index in [1.807, 2.05) is 12.1 Å². The molecular formula is C21H25NO. The highest BCUT2D eigenvalue weighted by Gasteiger charge is 2.30. The van der Waals surface area contributed by atoms with Crippen molar-refractivity contribution in [2.75, 3.05) is 13.2 Å². The Morgan fingerprint density at radius 3 is 2.43 bits per heavy atom. The van der Waals surface area contributed by atoms with Gasteiger partial charge < -0.3 is 5.11 Å². The molecule has 0 saturated carbocycles. The third-order valence-electron chi connectivity index (χ3n) is 4.70. The Balaban J connectivity index is 1.66. The van der Waals surface area contributed by atoms with Gasteiger partial charge in [-0.05, 0) is 36.9 Å². The van der Waals surface area contributed by atoms with Crippen LogP contribution in [0.1, 0.15) is 36.4 Å². The number of aliphatic hydroxyl groups is 1. The molecule has 0 unspecified atom stereocenters. The van der Waals surface area contributed by atoms with Gasteiger partial charge >= 0.3 is 0 Å². The summed E-state index contributed by atoms with van der Waals surface area (Å²) in [7, 11) is 0. The number of benzene rings is 2. The van der Waals surface area contributed by atoms with Crippen molar-refractivity contribution in [3.05, 3.63) is 77.9 Å². The summed E-state index contributed by atoms with van der Waals surface area (Å²) in [6, 6.07) is 21.5. The molecule has 2 aromatic carbocycles. The summed E-state index contributed by atoms with van der Waals surface area (Å²) in [5, 5.41) is 9.90. The van der Waals surface area contributed by atoms with Crippen LogP contribution in [-0.2, 0) is 0 Å². The molecule has 1 aliphatic rings. The molecule has 2 aromatic rings. The summed E-state index contributed by atoms with van der Waals surface area (Å²) in [6.45, 7) is 1.26. The van der Waals surface area contributed by atoms with Crippen LogP contribution in [0.2, 0.25) is 0 Å². The van der Waals surface area contributed by atoms with E-state index in [1.165, 1.54) is 24.0 Å². The Bertz CT molecular complexity index is 608. The molecule has 0 radical (unpaired) electrons. The van der Waals surface area contributed by atoms with Crippen LogP contribution in [0.25, 0.3) is 6.08 Å². The molecule has 2 atom stereocenters. The molecule has 0 aromatic heterocycles. The van der Waals surface area contributed by atoms with Gasteiger partial charge in [0.1, 0.15) is 0 Å². The van der Waals surface area contributed by atoms with Gasteiger partial charge in [0.05, 0.1) is 12.6 Å². The van der Waals surface area contributed by atoms with Gasteiger partial charge in [-0.25, -0.2) is 0 Å². The minimum absolute atomic E-state index is 0.119. The minimum atomic E-state index is 0.119. The summed E-state index contributed by atoms with van der Waals surface area (Å²) in [4.78, 5) is 2.48. The zero-order valence-electron chi connectivity index (χ0n) is 13.5. The number of hydrogen-bond donors (Lipinski definition) is 1. The third-order valence-corrected chi connectivity index (χ3v) is 4.70. The van der Waals surface area contributed by atoms with Crippen molar-refractivity contribution >= 4 is 6.08 Å². The standard InChI is InChI=1S/C21H25NO/c23-17-21(19-12-5-2-6-13-19)22-16-8-15-20(22)14-7-11-18-9-3-1-4-10-18/h1-7,9-13,20-21,23H,8,14-17H2/b11-7+/t20-,21-/m0/s1. The summed E-state index contributed by atoms with van der Waals surface area (Å²) < 4.78 is 0. The number of nitrogens with zero attached hydrogens (tertiary/aromatic N) is 1. The lowest BCUT2D eigenvalue weighted by Crippen LogP contribution is -2.35. The van der Waals surface area contributed by atoms with Crippen molar-refractivity contribution in [3.63, 3.8) is 0 Å². The first-order valence-electron chi connectivity index (χ1n) is 8.51. The highest BCUT2D eigenvalue weighted by molar-refractivity contribution is 5.48. The van der Waals surface area contributed by atoms with Gasteiger partial charge in [0.25, 0.3) is 0 Å². The van der Waals surface area contributed by atoms with E-state index in [0.29, 0.717) is 6.04 Å². The molecular weight excluding hydrogens is 282 g/mol. The smallest absolute Gasteiger partial charge is 0.0628 e. The van der Waals surface area contributed by atoms with Crippen molar-refractivity contribution in [1.82, 2.24) is 4.90 Å². The zero-order chi connectivity index (χ0) is 15.9. The van der Waals surface area contributed by atoms with E-state index in [4.69, 9.17) is 0 Å². The van der Waals surface area contributed by atoms with Crippen LogP contribution >= 0.6 is 0 Å². The molecule has 0 bridgehead atoms. The SMILES string of the molecule is OC[C@@H](c1ccccc1)N1CCC[C@@H]1C/C=C/c1ccccc1. The Hall–Kier alpha value is -1.90. The topological polar surface area (TPSA) is 23.5 Å². The molecule has 1 heterocycles. The zero-order valence-corrected chi connectivity index (χ0v) is 13.5. The molecule has 1 N–H and O–H groups in total. The van der Waals surface area contributed by atoms with Crippen LogP contribution < -0.4 is 0 Å². The number of likely N-dealkylation sites (tertiary alicyclic amines) is 1. The Morgan fingerprint density at radius 2 is 1.74 bits per heavy atom. The average molecular weight is 307 g/mol. The number of aliphatic hydroxyl groups excluding tert-OH is 1. The first kappa shape index (κ1) is 16.0. The monoisotopic (exact) mass is 307 g/mol. The van der Waals surface area contributed by atoms with Crippen LogP contribution in [0.3, 0.4) is 0 Å². The van der Waals surface area contributed by atoms with E-state index < -0.39 is 0 Å². The quantitative estimate of drug-likeness (QED) is 0.860. The van der Waals surface area contributed by atoms with E-state index in [-0.39, 0.29) is 12.6 Å². The second-order valence-corrected chi connectivity index (χ2v) is 6.19. The predicted molar refractivity (Wildman–Crippen MR) is 96.1 cm³/mol. The summed E-state index contributed by atoms with van der Waals surface area (Å²) in [5.41, 5.74) is 2.47. The summed E-state index contributed by atoms with van der Waals surface area (Å²) >= 11 is 0. The fourth-order valence-electron chi connectivity index (χ4n) is 3.52. The number of rotatable bonds is 6. The second-order valence-electron chi connectivity index (χ2n) is 6.19. The third kappa shape index (κ3) is 4.10. The molecule has 1 fully saturated rings. The fourth-order valence-corrected chi connectivity index (χ4v) is 3.52.